The quantitative estimate of drug-likeness (QED) is 0.633. The number of benzene rings is 2. The number of rotatable bonds is 5. The van der Waals surface area contributed by atoms with Crippen molar-refractivity contribution in [3.05, 3.63) is 59.1 Å². The summed E-state index contributed by atoms with van der Waals surface area (Å²) in [6, 6.07) is 16.4. The van der Waals surface area contributed by atoms with E-state index >= 15 is 0 Å². The third-order valence-corrected chi connectivity index (χ3v) is 5.22. The smallest absolute Gasteiger partial charge is 0.227 e. The van der Waals surface area contributed by atoms with E-state index in [-0.39, 0.29) is 30.3 Å². The molecule has 2 aromatic rings. The molecule has 0 radical (unpaired) electrons. The molecule has 1 fully saturated rings. The summed E-state index contributed by atoms with van der Waals surface area (Å²) < 4.78 is 0. The predicted octanol–water partition coefficient (Wildman–Crippen LogP) is 5.26. The summed E-state index contributed by atoms with van der Waals surface area (Å²) in [6.07, 6.45) is 1.74. The Morgan fingerprint density at radius 3 is 2.63 bits per heavy atom. The highest BCUT2D eigenvalue weighted by Crippen LogP contribution is 2.29. The number of halogens is 2. The van der Waals surface area contributed by atoms with Gasteiger partial charge in [-0.25, -0.2) is 0 Å². The Morgan fingerprint density at radius 2 is 1.96 bits per heavy atom. The predicted molar refractivity (Wildman–Crippen MR) is 116 cm³/mol. The second-order valence-corrected chi connectivity index (χ2v) is 7.44. The molecule has 3 atom stereocenters. The van der Waals surface area contributed by atoms with E-state index in [9.17, 15) is 4.79 Å². The van der Waals surface area contributed by atoms with Crippen LogP contribution in [0, 0.1) is 5.92 Å². The minimum Gasteiger partial charge on any atom is -0.377 e. The minimum atomic E-state index is 0. The summed E-state index contributed by atoms with van der Waals surface area (Å²) in [4.78, 5) is 12.5. The first kappa shape index (κ1) is 21.5. The Bertz CT molecular complexity index is 754. The van der Waals surface area contributed by atoms with Crippen LogP contribution in [-0.4, -0.2) is 18.5 Å². The number of carbonyl (C=O) groups excluding carboxylic acids is 1. The zero-order chi connectivity index (χ0) is 18.5. The van der Waals surface area contributed by atoms with Crippen molar-refractivity contribution in [3.8, 4) is 0 Å². The summed E-state index contributed by atoms with van der Waals surface area (Å²) in [7, 11) is 0. The van der Waals surface area contributed by atoms with E-state index in [4.69, 9.17) is 11.6 Å². The fourth-order valence-electron chi connectivity index (χ4n) is 3.38. The van der Waals surface area contributed by atoms with E-state index in [0.717, 1.165) is 30.8 Å². The molecule has 146 valence electrons. The van der Waals surface area contributed by atoms with Crippen LogP contribution >= 0.6 is 24.0 Å². The van der Waals surface area contributed by atoms with Gasteiger partial charge in [0, 0.05) is 23.7 Å². The van der Waals surface area contributed by atoms with Crippen molar-refractivity contribution in [2.75, 3.05) is 17.2 Å². The van der Waals surface area contributed by atoms with Crippen molar-refractivity contribution in [2.45, 2.75) is 38.8 Å². The Balaban J connectivity index is 0.00000261. The topological polar surface area (TPSA) is 53.2 Å². The van der Waals surface area contributed by atoms with Gasteiger partial charge in [-0.15, -0.1) is 12.4 Å². The van der Waals surface area contributed by atoms with Gasteiger partial charge in [-0.05, 0) is 57.0 Å². The van der Waals surface area contributed by atoms with E-state index < -0.39 is 0 Å². The van der Waals surface area contributed by atoms with Gasteiger partial charge in [0.25, 0.3) is 0 Å². The van der Waals surface area contributed by atoms with Crippen LogP contribution in [0.5, 0.6) is 0 Å². The molecular weight excluding hydrogens is 381 g/mol. The maximum absolute atomic E-state index is 12.5. The normalized spacial score (nSPS) is 20.3. The van der Waals surface area contributed by atoms with Gasteiger partial charge in [-0.3, -0.25) is 4.79 Å². The fraction of sp³-hybridized carbons (Fsp3) is 0.381. The maximum Gasteiger partial charge on any atom is 0.227 e. The Morgan fingerprint density at radius 1 is 1.22 bits per heavy atom. The van der Waals surface area contributed by atoms with Crippen LogP contribution in [0.3, 0.4) is 0 Å². The standard InChI is InChI=1S/C21H26ClN3O.ClH/c1-14-12-17(10-11-23-14)21(26)25-18-8-9-20(19(22)13-18)24-15(2)16-6-4-3-5-7-16;/h3-9,13-15,17,23-24H,10-12H2,1-2H3,(H,25,26);1H/t14-,15?,17-;/m0./s1. The second kappa shape index (κ2) is 9.98. The molecule has 0 bridgehead atoms. The number of hydrogen-bond acceptors (Lipinski definition) is 3. The first-order chi connectivity index (χ1) is 12.5. The molecule has 4 nitrogen and oxygen atoms in total. The summed E-state index contributed by atoms with van der Waals surface area (Å²) in [6.45, 7) is 5.10. The highest BCUT2D eigenvalue weighted by Gasteiger charge is 2.24. The second-order valence-electron chi connectivity index (χ2n) is 7.04. The molecule has 1 amide bonds. The highest BCUT2D eigenvalue weighted by atomic mass is 35.5. The number of anilines is 2. The zero-order valence-electron chi connectivity index (χ0n) is 15.7. The number of hydrogen-bond donors (Lipinski definition) is 3. The summed E-state index contributed by atoms with van der Waals surface area (Å²) in [5, 5.41) is 10.4. The van der Waals surface area contributed by atoms with E-state index in [1.165, 1.54) is 5.56 Å². The zero-order valence-corrected chi connectivity index (χ0v) is 17.2. The lowest BCUT2D eigenvalue weighted by atomic mass is 9.92. The molecule has 0 aromatic heterocycles. The molecule has 3 N–H and O–H groups in total. The van der Waals surface area contributed by atoms with Crippen LogP contribution in [0.25, 0.3) is 0 Å². The number of piperidine rings is 1. The molecule has 2 aromatic carbocycles. The van der Waals surface area contributed by atoms with Gasteiger partial charge < -0.3 is 16.0 Å². The SMILES string of the molecule is CC(Nc1ccc(NC(=O)[C@H]2CCN[C@@H](C)C2)cc1Cl)c1ccccc1.Cl. The van der Waals surface area contributed by atoms with Crippen molar-refractivity contribution in [3.63, 3.8) is 0 Å². The van der Waals surface area contributed by atoms with Gasteiger partial charge in [0.15, 0.2) is 0 Å². The molecule has 1 aliphatic heterocycles. The molecule has 0 saturated carbocycles. The van der Waals surface area contributed by atoms with Gasteiger partial charge >= 0.3 is 0 Å². The molecule has 0 spiro atoms. The Labute approximate surface area is 172 Å². The highest BCUT2D eigenvalue weighted by molar-refractivity contribution is 6.33. The fourth-order valence-corrected chi connectivity index (χ4v) is 3.62. The van der Waals surface area contributed by atoms with Crippen molar-refractivity contribution in [2.24, 2.45) is 5.92 Å². The van der Waals surface area contributed by atoms with Crippen LogP contribution in [0.2, 0.25) is 5.02 Å². The van der Waals surface area contributed by atoms with Gasteiger partial charge in [-0.2, -0.15) is 0 Å². The van der Waals surface area contributed by atoms with Crippen LogP contribution in [-0.2, 0) is 4.79 Å². The Kier molecular flexibility index (Phi) is 7.96. The van der Waals surface area contributed by atoms with Crippen LogP contribution < -0.4 is 16.0 Å². The maximum atomic E-state index is 12.5. The molecular formula is C21H27Cl2N3O. The molecule has 1 aliphatic rings. The lowest BCUT2D eigenvalue weighted by molar-refractivity contribution is -0.120. The lowest BCUT2D eigenvalue weighted by Crippen LogP contribution is -2.40. The molecule has 3 rings (SSSR count). The first-order valence-electron chi connectivity index (χ1n) is 9.18. The van der Waals surface area contributed by atoms with Crippen LogP contribution in [0.15, 0.2) is 48.5 Å². The van der Waals surface area contributed by atoms with E-state index in [1.807, 2.05) is 36.4 Å². The van der Waals surface area contributed by atoms with Crippen molar-refractivity contribution in [1.82, 2.24) is 5.32 Å². The van der Waals surface area contributed by atoms with Crippen molar-refractivity contribution >= 4 is 41.3 Å². The third-order valence-electron chi connectivity index (χ3n) is 4.90. The molecule has 27 heavy (non-hydrogen) atoms. The molecule has 1 heterocycles. The monoisotopic (exact) mass is 407 g/mol. The molecule has 0 aliphatic carbocycles. The lowest BCUT2D eigenvalue weighted by Gasteiger charge is -2.27. The number of nitrogens with one attached hydrogen (secondary N) is 3. The molecule has 1 saturated heterocycles. The average Bonchev–Trinajstić information content (AvgIpc) is 2.64. The first-order valence-corrected chi connectivity index (χ1v) is 9.56. The third kappa shape index (κ3) is 5.86. The van der Waals surface area contributed by atoms with E-state index in [0.29, 0.717) is 11.1 Å². The Hall–Kier alpha value is -1.75. The van der Waals surface area contributed by atoms with E-state index in [1.54, 1.807) is 0 Å². The van der Waals surface area contributed by atoms with Crippen molar-refractivity contribution in [1.29, 1.82) is 0 Å². The van der Waals surface area contributed by atoms with Gasteiger partial charge in [0.1, 0.15) is 0 Å². The summed E-state index contributed by atoms with van der Waals surface area (Å²) >= 11 is 6.43. The van der Waals surface area contributed by atoms with Gasteiger partial charge in [0.2, 0.25) is 5.91 Å². The van der Waals surface area contributed by atoms with Crippen molar-refractivity contribution < 1.29 is 4.79 Å². The van der Waals surface area contributed by atoms with Crippen LogP contribution in [0.1, 0.15) is 38.3 Å². The minimum absolute atomic E-state index is 0. The van der Waals surface area contributed by atoms with E-state index in [2.05, 4.69) is 41.9 Å². The number of amides is 1. The van der Waals surface area contributed by atoms with Gasteiger partial charge in [0.05, 0.1) is 10.7 Å². The van der Waals surface area contributed by atoms with Crippen LogP contribution in [0.4, 0.5) is 11.4 Å². The molecule has 6 heteroatoms. The average molecular weight is 408 g/mol. The summed E-state index contributed by atoms with van der Waals surface area (Å²) in [5.41, 5.74) is 2.79. The van der Waals surface area contributed by atoms with Gasteiger partial charge in [-0.1, -0.05) is 41.9 Å². The number of carbonyl (C=O) groups is 1. The molecule has 1 unspecified atom stereocenters. The largest absolute Gasteiger partial charge is 0.377 e. The summed E-state index contributed by atoms with van der Waals surface area (Å²) in [5.74, 6) is 0.133.